The highest BCUT2D eigenvalue weighted by atomic mass is 35.5. The molecular formula is C32H38ClN3O3. The Morgan fingerprint density at radius 1 is 1.15 bits per heavy atom. The van der Waals surface area contributed by atoms with E-state index in [2.05, 4.69) is 45.1 Å². The van der Waals surface area contributed by atoms with Gasteiger partial charge in [-0.2, -0.15) is 0 Å². The molecule has 6 nitrogen and oxygen atoms in total. The van der Waals surface area contributed by atoms with E-state index < -0.39 is 5.60 Å². The second-order valence-corrected chi connectivity index (χ2v) is 11.5. The van der Waals surface area contributed by atoms with Gasteiger partial charge in [0.15, 0.2) is 0 Å². The van der Waals surface area contributed by atoms with Gasteiger partial charge < -0.3 is 19.8 Å². The van der Waals surface area contributed by atoms with Crippen LogP contribution in [0.3, 0.4) is 0 Å². The maximum Gasteiger partial charge on any atom is 0.131 e. The van der Waals surface area contributed by atoms with Crippen molar-refractivity contribution in [2.24, 2.45) is 0 Å². The van der Waals surface area contributed by atoms with E-state index in [0.29, 0.717) is 19.2 Å². The summed E-state index contributed by atoms with van der Waals surface area (Å²) in [5.41, 5.74) is 5.24. The van der Waals surface area contributed by atoms with E-state index in [1.54, 1.807) is 0 Å². The molecule has 1 saturated heterocycles. The minimum absolute atomic E-state index is 0.151. The van der Waals surface area contributed by atoms with Crippen molar-refractivity contribution in [3.63, 3.8) is 0 Å². The SMILES string of the molecule is CC(C)(O)c1ccc2c(c1)C(=CCCN1CCC(N(CCO)Cc3ccc(Cl)cc3)C1)c1cccnc1CO2. The number of hydrogen-bond acceptors (Lipinski definition) is 6. The fraction of sp³-hybridized carbons (Fsp3) is 0.406. The van der Waals surface area contributed by atoms with Crippen molar-refractivity contribution in [3.8, 4) is 5.75 Å². The van der Waals surface area contributed by atoms with Gasteiger partial charge in [-0.15, -0.1) is 0 Å². The fourth-order valence-electron chi connectivity index (χ4n) is 5.60. The molecule has 0 saturated carbocycles. The Morgan fingerprint density at radius 3 is 2.74 bits per heavy atom. The number of likely N-dealkylation sites (tertiary alicyclic amines) is 1. The number of rotatable bonds is 9. The van der Waals surface area contributed by atoms with Crippen LogP contribution >= 0.6 is 11.6 Å². The average molecular weight is 548 g/mol. The Bertz CT molecular complexity index is 1300. The molecule has 1 atom stereocenters. The molecule has 0 amide bonds. The molecule has 206 valence electrons. The van der Waals surface area contributed by atoms with Gasteiger partial charge >= 0.3 is 0 Å². The molecule has 39 heavy (non-hydrogen) atoms. The van der Waals surface area contributed by atoms with Crippen LogP contribution in [0.1, 0.15) is 54.6 Å². The molecule has 1 unspecified atom stereocenters. The van der Waals surface area contributed by atoms with E-state index in [9.17, 15) is 10.2 Å². The molecule has 2 aromatic carbocycles. The molecule has 3 aromatic rings. The van der Waals surface area contributed by atoms with E-state index in [1.807, 2.05) is 50.4 Å². The van der Waals surface area contributed by atoms with Crippen LogP contribution in [0.2, 0.25) is 5.02 Å². The van der Waals surface area contributed by atoms with Gasteiger partial charge in [-0.3, -0.25) is 9.88 Å². The zero-order chi connectivity index (χ0) is 27.4. The molecule has 0 aliphatic carbocycles. The van der Waals surface area contributed by atoms with Crippen molar-refractivity contribution in [1.29, 1.82) is 0 Å². The van der Waals surface area contributed by atoms with Gasteiger partial charge in [0.05, 0.1) is 17.9 Å². The monoisotopic (exact) mass is 547 g/mol. The molecule has 1 aromatic heterocycles. The molecule has 3 heterocycles. The summed E-state index contributed by atoms with van der Waals surface area (Å²) in [6.07, 6.45) is 6.08. The number of benzene rings is 2. The standard InChI is InChI=1S/C32H38ClN3O3/c1-32(2,38)24-9-12-31-29(19-24)27(28-5-3-14-34-30(28)22-39-31)6-4-15-35-16-13-26(21-35)36(17-18-37)20-23-7-10-25(33)11-8-23/h3,5-12,14,19,26,37-38H,4,13,15-18,20-22H2,1-2H3. The van der Waals surface area contributed by atoms with Gasteiger partial charge in [0, 0.05) is 54.6 Å². The topological polar surface area (TPSA) is 69.1 Å². The lowest BCUT2D eigenvalue weighted by Gasteiger charge is -2.28. The Balaban J connectivity index is 1.31. The van der Waals surface area contributed by atoms with Crippen LogP contribution in [0, 0.1) is 0 Å². The third kappa shape index (κ3) is 6.71. The first-order valence-electron chi connectivity index (χ1n) is 13.8. The summed E-state index contributed by atoms with van der Waals surface area (Å²) in [5, 5.41) is 21.1. The van der Waals surface area contributed by atoms with Crippen molar-refractivity contribution < 1.29 is 14.9 Å². The quantitative estimate of drug-likeness (QED) is 0.381. The van der Waals surface area contributed by atoms with Crippen LogP contribution in [-0.2, 0) is 18.8 Å². The smallest absolute Gasteiger partial charge is 0.131 e. The van der Waals surface area contributed by atoms with Crippen molar-refractivity contribution in [2.45, 2.75) is 51.5 Å². The first-order chi connectivity index (χ1) is 18.8. The van der Waals surface area contributed by atoms with Gasteiger partial charge in [-0.25, -0.2) is 0 Å². The average Bonchev–Trinajstić information content (AvgIpc) is 3.33. The van der Waals surface area contributed by atoms with Gasteiger partial charge in [0.2, 0.25) is 0 Å². The van der Waals surface area contributed by atoms with Crippen molar-refractivity contribution in [2.75, 3.05) is 32.8 Å². The molecule has 0 spiro atoms. The van der Waals surface area contributed by atoms with Crippen LogP contribution in [0.5, 0.6) is 5.75 Å². The number of hydrogen-bond donors (Lipinski definition) is 2. The third-order valence-electron chi connectivity index (χ3n) is 7.76. The second kappa shape index (κ2) is 12.2. The Morgan fingerprint density at radius 2 is 1.97 bits per heavy atom. The molecule has 0 bridgehead atoms. The summed E-state index contributed by atoms with van der Waals surface area (Å²) in [6.45, 7) is 8.63. The van der Waals surface area contributed by atoms with Crippen LogP contribution in [-0.4, -0.2) is 63.8 Å². The summed E-state index contributed by atoms with van der Waals surface area (Å²) in [6, 6.07) is 18.4. The van der Waals surface area contributed by atoms with Gasteiger partial charge in [0.1, 0.15) is 12.4 Å². The number of fused-ring (bicyclic) bond motifs is 2. The summed E-state index contributed by atoms with van der Waals surface area (Å²) in [4.78, 5) is 9.50. The predicted octanol–water partition coefficient (Wildman–Crippen LogP) is 5.25. The van der Waals surface area contributed by atoms with Crippen LogP contribution in [0.15, 0.2) is 66.9 Å². The lowest BCUT2D eigenvalue weighted by molar-refractivity contribution is 0.0785. The van der Waals surface area contributed by atoms with Crippen molar-refractivity contribution in [3.05, 3.63) is 99.8 Å². The van der Waals surface area contributed by atoms with E-state index in [0.717, 1.165) is 77.8 Å². The van der Waals surface area contributed by atoms with Crippen LogP contribution in [0.25, 0.3) is 5.57 Å². The molecule has 5 rings (SSSR count). The minimum atomic E-state index is -0.943. The maximum atomic E-state index is 10.7. The fourth-order valence-corrected chi connectivity index (χ4v) is 5.73. The van der Waals surface area contributed by atoms with E-state index in [1.165, 1.54) is 5.56 Å². The number of ether oxygens (including phenoxy) is 1. The predicted molar refractivity (Wildman–Crippen MR) is 156 cm³/mol. The largest absolute Gasteiger partial charge is 0.487 e. The highest BCUT2D eigenvalue weighted by Crippen LogP contribution is 2.38. The van der Waals surface area contributed by atoms with E-state index >= 15 is 0 Å². The third-order valence-corrected chi connectivity index (χ3v) is 8.02. The lowest BCUT2D eigenvalue weighted by Crippen LogP contribution is -2.39. The van der Waals surface area contributed by atoms with Crippen molar-refractivity contribution >= 4 is 17.2 Å². The number of aliphatic hydroxyl groups excluding tert-OH is 1. The van der Waals surface area contributed by atoms with Crippen molar-refractivity contribution in [1.82, 2.24) is 14.8 Å². The molecule has 2 aliphatic rings. The Hall–Kier alpha value is -2.74. The highest BCUT2D eigenvalue weighted by Gasteiger charge is 2.28. The van der Waals surface area contributed by atoms with Crippen LogP contribution in [0.4, 0.5) is 0 Å². The Labute approximate surface area is 236 Å². The van der Waals surface area contributed by atoms with E-state index in [4.69, 9.17) is 16.3 Å². The minimum Gasteiger partial charge on any atom is -0.487 e. The van der Waals surface area contributed by atoms with Crippen LogP contribution < -0.4 is 4.74 Å². The zero-order valence-corrected chi connectivity index (χ0v) is 23.6. The van der Waals surface area contributed by atoms with E-state index in [-0.39, 0.29) is 6.61 Å². The Kier molecular flexibility index (Phi) is 8.70. The first-order valence-corrected chi connectivity index (χ1v) is 14.2. The number of aromatic nitrogens is 1. The lowest BCUT2D eigenvalue weighted by atomic mass is 9.90. The molecule has 2 aliphatic heterocycles. The van der Waals surface area contributed by atoms with Gasteiger partial charge in [0.25, 0.3) is 0 Å². The highest BCUT2D eigenvalue weighted by molar-refractivity contribution is 6.30. The maximum absolute atomic E-state index is 10.7. The first kappa shape index (κ1) is 27.8. The summed E-state index contributed by atoms with van der Waals surface area (Å²) in [7, 11) is 0. The normalized spacial score (nSPS) is 18.6. The molecule has 7 heteroatoms. The number of aliphatic hydroxyl groups is 2. The summed E-state index contributed by atoms with van der Waals surface area (Å²) in [5.74, 6) is 0.815. The summed E-state index contributed by atoms with van der Waals surface area (Å²) < 4.78 is 6.14. The molecule has 2 N–H and O–H groups in total. The number of nitrogens with zero attached hydrogens (tertiary/aromatic N) is 3. The second-order valence-electron chi connectivity index (χ2n) is 11.0. The number of pyridine rings is 1. The van der Waals surface area contributed by atoms with Gasteiger partial charge in [-0.1, -0.05) is 41.9 Å². The number of halogens is 1. The zero-order valence-electron chi connectivity index (χ0n) is 22.8. The molecule has 0 radical (unpaired) electrons. The molecular weight excluding hydrogens is 510 g/mol. The summed E-state index contributed by atoms with van der Waals surface area (Å²) >= 11 is 6.07. The van der Waals surface area contributed by atoms with Gasteiger partial charge in [-0.05, 0) is 80.3 Å². The molecule has 1 fully saturated rings.